The molecule has 1 unspecified atom stereocenters. The smallest absolute Gasteiger partial charge is 0.217 e. The first-order valence-electron chi connectivity index (χ1n) is 7.76. The Balaban J connectivity index is 1.95. The van der Waals surface area contributed by atoms with E-state index in [1.807, 2.05) is 4.68 Å². The second-order valence-corrected chi connectivity index (χ2v) is 7.00. The normalized spacial score (nSPS) is 21.2. The number of aromatic nitrogens is 3. The molecule has 2 heterocycles. The van der Waals surface area contributed by atoms with E-state index in [1.165, 1.54) is 0 Å². The van der Waals surface area contributed by atoms with Crippen LogP contribution in [0.1, 0.15) is 52.3 Å². The SMILES string of the molecule is CC(C)(C)n1ncnc1CN1CCCC(CC(N)=O)CC1. The molecular formula is C15H27N5O. The number of hydrogen-bond acceptors (Lipinski definition) is 4. The van der Waals surface area contributed by atoms with E-state index in [2.05, 4.69) is 35.8 Å². The highest BCUT2D eigenvalue weighted by molar-refractivity contribution is 5.73. The highest BCUT2D eigenvalue weighted by atomic mass is 16.1. The quantitative estimate of drug-likeness (QED) is 0.913. The summed E-state index contributed by atoms with van der Waals surface area (Å²) < 4.78 is 2.00. The lowest BCUT2D eigenvalue weighted by Crippen LogP contribution is -2.31. The van der Waals surface area contributed by atoms with Gasteiger partial charge in [-0.1, -0.05) is 0 Å². The van der Waals surface area contributed by atoms with E-state index in [-0.39, 0.29) is 11.4 Å². The molecule has 1 atom stereocenters. The summed E-state index contributed by atoms with van der Waals surface area (Å²) in [6.45, 7) is 9.27. The topological polar surface area (TPSA) is 77.0 Å². The standard InChI is InChI=1S/C15H27N5O/c1-15(2,3)20-14(17-11-18-20)10-19-7-4-5-12(6-8-19)9-13(16)21/h11-12H,4-10H2,1-3H3,(H2,16,21). The predicted molar refractivity (Wildman–Crippen MR) is 81.4 cm³/mol. The van der Waals surface area contributed by atoms with Crippen molar-refractivity contribution in [1.82, 2.24) is 19.7 Å². The summed E-state index contributed by atoms with van der Waals surface area (Å²) in [7, 11) is 0. The van der Waals surface area contributed by atoms with Crippen LogP contribution in [0.3, 0.4) is 0 Å². The van der Waals surface area contributed by atoms with Crippen molar-refractivity contribution in [3.63, 3.8) is 0 Å². The summed E-state index contributed by atoms with van der Waals surface area (Å²) in [6.07, 6.45) is 5.39. The van der Waals surface area contributed by atoms with Crippen molar-refractivity contribution in [3.8, 4) is 0 Å². The summed E-state index contributed by atoms with van der Waals surface area (Å²) in [5.41, 5.74) is 5.26. The molecule has 0 spiro atoms. The molecule has 1 aromatic heterocycles. The van der Waals surface area contributed by atoms with Gasteiger partial charge in [-0.15, -0.1) is 0 Å². The van der Waals surface area contributed by atoms with Crippen LogP contribution in [0.4, 0.5) is 0 Å². The molecule has 0 saturated carbocycles. The monoisotopic (exact) mass is 293 g/mol. The highest BCUT2D eigenvalue weighted by Gasteiger charge is 2.22. The number of nitrogens with two attached hydrogens (primary N) is 1. The van der Waals surface area contributed by atoms with Gasteiger partial charge in [0.15, 0.2) is 0 Å². The third-order valence-corrected chi connectivity index (χ3v) is 4.05. The third-order valence-electron chi connectivity index (χ3n) is 4.05. The van der Waals surface area contributed by atoms with E-state index in [4.69, 9.17) is 5.73 Å². The lowest BCUT2D eigenvalue weighted by molar-refractivity contribution is -0.119. The first-order valence-corrected chi connectivity index (χ1v) is 7.76. The fourth-order valence-corrected chi connectivity index (χ4v) is 3.01. The van der Waals surface area contributed by atoms with Crippen LogP contribution in [-0.2, 0) is 16.9 Å². The predicted octanol–water partition coefficient (Wildman–Crippen LogP) is 1.51. The number of carbonyl (C=O) groups is 1. The largest absolute Gasteiger partial charge is 0.370 e. The van der Waals surface area contributed by atoms with Gasteiger partial charge < -0.3 is 5.73 Å². The maximum absolute atomic E-state index is 11.1. The summed E-state index contributed by atoms with van der Waals surface area (Å²) >= 11 is 0. The van der Waals surface area contributed by atoms with Crippen molar-refractivity contribution in [3.05, 3.63) is 12.2 Å². The highest BCUT2D eigenvalue weighted by Crippen LogP contribution is 2.22. The zero-order valence-corrected chi connectivity index (χ0v) is 13.4. The number of amides is 1. The lowest BCUT2D eigenvalue weighted by atomic mass is 9.97. The van der Waals surface area contributed by atoms with E-state index in [0.717, 1.165) is 44.7 Å². The van der Waals surface area contributed by atoms with Crippen LogP contribution in [0.2, 0.25) is 0 Å². The second-order valence-electron chi connectivity index (χ2n) is 7.00. The van der Waals surface area contributed by atoms with Gasteiger partial charge >= 0.3 is 0 Å². The molecule has 0 bridgehead atoms. The number of nitrogens with zero attached hydrogens (tertiary/aromatic N) is 4. The summed E-state index contributed by atoms with van der Waals surface area (Å²) in [5, 5.41) is 4.35. The van der Waals surface area contributed by atoms with E-state index in [9.17, 15) is 4.79 Å². The van der Waals surface area contributed by atoms with Crippen molar-refractivity contribution in [2.45, 2.75) is 58.5 Å². The number of primary amides is 1. The molecule has 6 nitrogen and oxygen atoms in total. The van der Waals surface area contributed by atoms with E-state index in [1.54, 1.807) is 6.33 Å². The van der Waals surface area contributed by atoms with Crippen molar-refractivity contribution >= 4 is 5.91 Å². The molecule has 6 heteroatoms. The fraction of sp³-hybridized carbons (Fsp3) is 0.800. The van der Waals surface area contributed by atoms with Crippen molar-refractivity contribution in [1.29, 1.82) is 0 Å². The lowest BCUT2D eigenvalue weighted by Gasteiger charge is -2.25. The molecule has 0 aromatic carbocycles. The number of rotatable bonds is 4. The molecule has 1 fully saturated rings. The van der Waals surface area contributed by atoms with Gasteiger partial charge in [-0.3, -0.25) is 9.69 Å². The Labute approximate surface area is 126 Å². The van der Waals surface area contributed by atoms with Gasteiger partial charge in [0.1, 0.15) is 12.2 Å². The van der Waals surface area contributed by atoms with Crippen LogP contribution in [0.15, 0.2) is 6.33 Å². The zero-order chi connectivity index (χ0) is 15.5. The molecule has 1 saturated heterocycles. The Morgan fingerprint density at radius 3 is 2.81 bits per heavy atom. The van der Waals surface area contributed by atoms with Gasteiger partial charge in [0.25, 0.3) is 0 Å². The Morgan fingerprint density at radius 1 is 1.38 bits per heavy atom. The maximum atomic E-state index is 11.1. The molecule has 21 heavy (non-hydrogen) atoms. The van der Waals surface area contributed by atoms with E-state index >= 15 is 0 Å². The third kappa shape index (κ3) is 4.52. The Hall–Kier alpha value is -1.43. The minimum atomic E-state index is -0.180. The zero-order valence-electron chi connectivity index (χ0n) is 13.4. The Bertz CT molecular complexity index is 477. The first-order chi connectivity index (χ1) is 9.86. The van der Waals surface area contributed by atoms with Crippen LogP contribution in [0.25, 0.3) is 0 Å². The molecule has 118 valence electrons. The molecule has 1 amide bonds. The molecule has 2 rings (SSSR count). The van der Waals surface area contributed by atoms with Crippen molar-refractivity contribution in [2.24, 2.45) is 11.7 Å². The second kappa shape index (κ2) is 6.56. The van der Waals surface area contributed by atoms with E-state index in [0.29, 0.717) is 12.3 Å². The Kier molecular flexibility index (Phi) is 4.98. The van der Waals surface area contributed by atoms with Gasteiger partial charge in [-0.05, 0) is 59.0 Å². The van der Waals surface area contributed by atoms with Crippen LogP contribution in [-0.4, -0.2) is 38.7 Å². The van der Waals surface area contributed by atoms with Crippen LogP contribution >= 0.6 is 0 Å². The van der Waals surface area contributed by atoms with Gasteiger partial charge in [0.2, 0.25) is 5.91 Å². The van der Waals surface area contributed by atoms with Crippen LogP contribution < -0.4 is 5.73 Å². The first kappa shape index (κ1) is 15.9. The minimum Gasteiger partial charge on any atom is -0.370 e. The fourth-order valence-electron chi connectivity index (χ4n) is 3.01. The van der Waals surface area contributed by atoms with Crippen LogP contribution in [0.5, 0.6) is 0 Å². The Morgan fingerprint density at radius 2 is 2.14 bits per heavy atom. The van der Waals surface area contributed by atoms with Gasteiger partial charge in [-0.2, -0.15) is 5.10 Å². The van der Waals surface area contributed by atoms with E-state index < -0.39 is 0 Å². The molecule has 1 aliphatic rings. The van der Waals surface area contributed by atoms with Gasteiger partial charge in [0, 0.05) is 6.42 Å². The molecule has 2 N–H and O–H groups in total. The summed E-state index contributed by atoms with van der Waals surface area (Å²) in [5.74, 6) is 1.27. The summed E-state index contributed by atoms with van der Waals surface area (Å²) in [4.78, 5) is 17.9. The summed E-state index contributed by atoms with van der Waals surface area (Å²) in [6, 6.07) is 0. The molecule has 0 aliphatic carbocycles. The van der Waals surface area contributed by atoms with Crippen molar-refractivity contribution < 1.29 is 4.79 Å². The number of carbonyl (C=O) groups excluding carboxylic acids is 1. The average Bonchev–Trinajstić information content (AvgIpc) is 2.72. The van der Waals surface area contributed by atoms with Crippen LogP contribution in [0, 0.1) is 5.92 Å². The van der Waals surface area contributed by atoms with Crippen molar-refractivity contribution in [2.75, 3.05) is 13.1 Å². The number of likely N-dealkylation sites (tertiary alicyclic amines) is 1. The van der Waals surface area contributed by atoms with Gasteiger partial charge in [0.05, 0.1) is 12.1 Å². The number of hydrogen-bond donors (Lipinski definition) is 1. The molecule has 1 aromatic rings. The molecular weight excluding hydrogens is 266 g/mol. The molecule has 0 radical (unpaired) electrons. The minimum absolute atomic E-state index is 0.0494. The van der Waals surface area contributed by atoms with Gasteiger partial charge in [-0.25, -0.2) is 9.67 Å². The maximum Gasteiger partial charge on any atom is 0.217 e. The average molecular weight is 293 g/mol. The molecule has 1 aliphatic heterocycles.